The highest BCUT2D eigenvalue weighted by Crippen LogP contribution is 2.45. The van der Waals surface area contributed by atoms with E-state index in [2.05, 4.69) is 15.9 Å². The van der Waals surface area contributed by atoms with Gasteiger partial charge in [0.15, 0.2) is 0 Å². The number of carbonyl (C=O) groups excluding carboxylic acids is 1. The van der Waals surface area contributed by atoms with Crippen LogP contribution in [0.2, 0.25) is 0 Å². The number of rotatable bonds is 5. The lowest BCUT2D eigenvalue weighted by atomic mass is 9.72. The summed E-state index contributed by atoms with van der Waals surface area (Å²) in [5, 5.41) is 9.58. The Kier molecular flexibility index (Phi) is 6.74. The first-order valence-corrected chi connectivity index (χ1v) is 11.3. The van der Waals surface area contributed by atoms with E-state index in [1.807, 2.05) is 32.9 Å². The molecule has 1 saturated heterocycles. The first-order valence-electron chi connectivity index (χ1n) is 10.5. The average molecular weight is 467 g/mol. The first kappa shape index (κ1) is 22.3. The minimum atomic E-state index is -0.835. The second-order valence-electron chi connectivity index (χ2n) is 9.18. The second-order valence-corrected chi connectivity index (χ2v) is 10.1. The molecule has 0 unspecified atom stereocenters. The van der Waals surface area contributed by atoms with Crippen molar-refractivity contribution < 1.29 is 24.2 Å². The highest BCUT2D eigenvalue weighted by atomic mass is 79.9. The molecule has 1 aliphatic heterocycles. The van der Waals surface area contributed by atoms with Crippen LogP contribution in [0.5, 0.6) is 0 Å². The van der Waals surface area contributed by atoms with Crippen LogP contribution in [0, 0.1) is 11.8 Å². The van der Waals surface area contributed by atoms with E-state index in [1.54, 1.807) is 12.1 Å². The van der Waals surface area contributed by atoms with E-state index in [1.165, 1.54) is 6.42 Å². The lowest BCUT2D eigenvalue weighted by molar-refractivity contribution is -0.241. The molecule has 0 radical (unpaired) electrons. The fraction of sp³-hybridized carbons (Fsp3) is 0.652. The second kappa shape index (κ2) is 8.76. The van der Waals surface area contributed by atoms with Crippen molar-refractivity contribution in [1.29, 1.82) is 0 Å². The molecule has 1 N–H and O–H groups in total. The van der Waals surface area contributed by atoms with Gasteiger partial charge in [0, 0.05) is 4.47 Å². The largest absolute Gasteiger partial charge is 0.481 e. The number of hydrogen-bond acceptors (Lipinski definition) is 4. The molecule has 0 aromatic heterocycles. The van der Waals surface area contributed by atoms with Crippen LogP contribution >= 0.6 is 15.9 Å². The molecular formula is C23H31BrO5. The monoisotopic (exact) mass is 466 g/mol. The Labute approximate surface area is 181 Å². The standard InChI is InChI=1S/C23H31BrO5/c1-22(2)18(20(25)26)13-14-23(3,29-22)19(15-7-5-4-6-8-15)28-21(27)16-9-11-17(24)12-10-16/h9-12,15,18-19H,4-8,13-14H2,1-3H3,(H,25,26)/t18-,19-,23+/m1/s1. The summed E-state index contributed by atoms with van der Waals surface area (Å²) in [5.41, 5.74) is -1.02. The van der Waals surface area contributed by atoms with Crippen LogP contribution in [0.4, 0.5) is 0 Å². The average Bonchev–Trinajstić information content (AvgIpc) is 2.66. The van der Waals surface area contributed by atoms with Crippen LogP contribution in [0.15, 0.2) is 28.7 Å². The Balaban J connectivity index is 1.86. The van der Waals surface area contributed by atoms with E-state index in [0.717, 1.165) is 30.2 Å². The number of carboxylic acids is 1. The van der Waals surface area contributed by atoms with Gasteiger partial charge in [-0.2, -0.15) is 0 Å². The van der Waals surface area contributed by atoms with Gasteiger partial charge >= 0.3 is 11.9 Å². The van der Waals surface area contributed by atoms with Crippen LogP contribution < -0.4 is 0 Å². The molecule has 2 fully saturated rings. The van der Waals surface area contributed by atoms with Crippen molar-refractivity contribution in [2.45, 2.75) is 83.0 Å². The number of carbonyl (C=O) groups is 2. The number of halogens is 1. The maximum atomic E-state index is 12.9. The highest BCUT2D eigenvalue weighted by Gasteiger charge is 2.53. The summed E-state index contributed by atoms with van der Waals surface area (Å²) >= 11 is 3.39. The zero-order valence-electron chi connectivity index (χ0n) is 17.4. The maximum absolute atomic E-state index is 12.9. The Bertz CT molecular complexity index is 738. The molecule has 0 spiro atoms. The summed E-state index contributed by atoms with van der Waals surface area (Å²) in [4.78, 5) is 24.6. The first-order chi connectivity index (χ1) is 13.6. The van der Waals surface area contributed by atoms with E-state index >= 15 is 0 Å². The molecular weight excluding hydrogens is 436 g/mol. The highest BCUT2D eigenvalue weighted by molar-refractivity contribution is 9.10. The normalized spacial score (nSPS) is 28.5. The summed E-state index contributed by atoms with van der Waals surface area (Å²) in [6.07, 6.45) is 6.12. The lowest BCUT2D eigenvalue weighted by Crippen LogP contribution is -2.59. The molecule has 0 amide bonds. The van der Waals surface area contributed by atoms with Gasteiger partial charge in [-0.05, 0) is 76.6 Å². The van der Waals surface area contributed by atoms with E-state index < -0.39 is 29.2 Å². The molecule has 3 rings (SSSR count). The van der Waals surface area contributed by atoms with Crippen molar-refractivity contribution in [3.63, 3.8) is 0 Å². The molecule has 0 bridgehead atoms. The smallest absolute Gasteiger partial charge is 0.338 e. The molecule has 160 valence electrons. The van der Waals surface area contributed by atoms with Crippen LogP contribution in [0.1, 0.15) is 76.1 Å². The fourth-order valence-electron chi connectivity index (χ4n) is 5.05. The Hall–Kier alpha value is -1.40. The topological polar surface area (TPSA) is 72.8 Å². The van der Waals surface area contributed by atoms with Crippen LogP contribution in [0.25, 0.3) is 0 Å². The van der Waals surface area contributed by atoms with Crippen molar-refractivity contribution in [3.05, 3.63) is 34.3 Å². The van der Waals surface area contributed by atoms with Crippen LogP contribution in [0.3, 0.4) is 0 Å². The quantitative estimate of drug-likeness (QED) is 0.571. The van der Waals surface area contributed by atoms with Crippen molar-refractivity contribution in [2.24, 2.45) is 11.8 Å². The minimum Gasteiger partial charge on any atom is -0.481 e. The molecule has 1 aromatic rings. The molecule has 5 nitrogen and oxygen atoms in total. The maximum Gasteiger partial charge on any atom is 0.338 e. The Morgan fingerprint density at radius 2 is 1.72 bits per heavy atom. The number of benzene rings is 1. The lowest BCUT2D eigenvalue weighted by Gasteiger charge is -2.51. The van der Waals surface area contributed by atoms with Crippen molar-refractivity contribution in [1.82, 2.24) is 0 Å². The van der Waals surface area contributed by atoms with Gasteiger partial charge in [-0.3, -0.25) is 4.79 Å². The van der Waals surface area contributed by atoms with Gasteiger partial charge in [-0.15, -0.1) is 0 Å². The van der Waals surface area contributed by atoms with Crippen LogP contribution in [-0.4, -0.2) is 34.4 Å². The number of hydrogen-bond donors (Lipinski definition) is 1. The van der Waals surface area contributed by atoms with E-state index in [0.29, 0.717) is 18.4 Å². The Morgan fingerprint density at radius 3 is 2.28 bits per heavy atom. The van der Waals surface area contributed by atoms with E-state index in [4.69, 9.17) is 9.47 Å². The summed E-state index contributed by atoms with van der Waals surface area (Å²) < 4.78 is 13.5. The molecule has 1 heterocycles. The molecule has 3 atom stereocenters. The van der Waals surface area contributed by atoms with E-state index in [-0.39, 0.29) is 11.9 Å². The van der Waals surface area contributed by atoms with Gasteiger partial charge in [0.25, 0.3) is 0 Å². The van der Waals surface area contributed by atoms with Crippen molar-refractivity contribution in [2.75, 3.05) is 0 Å². The van der Waals surface area contributed by atoms with Gasteiger partial charge in [-0.25, -0.2) is 4.79 Å². The van der Waals surface area contributed by atoms with Gasteiger partial charge in [0.05, 0.1) is 17.1 Å². The third-order valence-electron chi connectivity index (χ3n) is 6.56. The third kappa shape index (κ3) is 5.02. The fourth-order valence-corrected chi connectivity index (χ4v) is 5.31. The predicted molar refractivity (Wildman–Crippen MR) is 114 cm³/mol. The minimum absolute atomic E-state index is 0.227. The number of ether oxygens (including phenoxy) is 2. The van der Waals surface area contributed by atoms with Crippen molar-refractivity contribution in [3.8, 4) is 0 Å². The molecule has 29 heavy (non-hydrogen) atoms. The van der Waals surface area contributed by atoms with Gasteiger partial charge in [0.2, 0.25) is 0 Å². The summed E-state index contributed by atoms with van der Waals surface area (Å²) in [5.74, 6) is -1.52. The number of aliphatic carboxylic acids is 1. The molecule has 1 aromatic carbocycles. The number of esters is 1. The Morgan fingerprint density at radius 1 is 1.10 bits per heavy atom. The van der Waals surface area contributed by atoms with Gasteiger partial charge in [0.1, 0.15) is 11.7 Å². The SMILES string of the molecule is CC1(C)O[C@](C)([C@H](OC(=O)c2ccc(Br)cc2)C2CCCCC2)CC[C@@H]1C(=O)O. The molecule has 6 heteroatoms. The third-order valence-corrected chi connectivity index (χ3v) is 7.09. The zero-order chi connectivity index (χ0) is 21.2. The molecule has 1 aliphatic carbocycles. The summed E-state index contributed by atoms with van der Waals surface area (Å²) in [7, 11) is 0. The van der Waals surface area contributed by atoms with E-state index in [9.17, 15) is 14.7 Å². The van der Waals surface area contributed by atoms with Gasteiger partial charge < -0.3 is 14.6 Å². The summed E-state index contributed by atoms with van der Waals surface area (Å²) in [6, 6.07) is 7.15. The van der Waals surface area contributed by atoms with Crippen LogP contribution in [-0.2, 0) is 14.3 Å². The van der Waals surface area contributed by atoms with Crippen molar-refractivity contribution >= 4 is 27.9 Å². The van der Waals surface area contributed by atoms with Gasteiger partial charge in [-0.1, -0.05) is 35.2 Å². The molecule has 2 aliphatic rings. The molecule has 1 saturated carbocycles. The summed E-state index contributed by atoms with van der Waals surface area (Å²) in [6.45, 7) is 5.65. The zero-order valence-corrected chi connectivity index (χ0v) is 19.0. The predicted octanol–water partition coefficient (Wildman–Crippen LogP) is 5.60. The number of carboxylic acid groups (broad SMARTS) is 1.